The van der Waals surface area contributed by atoms with Gasteiger partial charge in [0.05, 0.1) is 12.1 Å². The van der Waals surface area contributed by atoms with E-state index in [9.17, 15) is 9.90 Å². The van der Waals surface area contributed by atoms with Gasteiger partial charge in [-0.1, -0.05) is 30.3 Å². The minimum absolute atomic E-state index is 0.0228. The average molecular weight is 294 g/mol. The van der Waals surface area contributed by atoms with Crippen molar-refractivity contribution in [2.75, 3.05) is 19.0 Å². The predicted octanol–water partition coefficient (Wildman–Crippen LogP) is 2.82. The molecule has 0 saturated carbocycles. The number of benzene rings is 2. The molecule has 0 unspecified atom stereocenters. The first-order valence-corrected chi connectivity index (χ1v) is 7.14. The quantitative estimate of drug-likeness (QED) is 0.808. The van der Waals surface area contributed by atoms with Crippen LogP contribution in [0.3, 0.4) is 0 Å². The van der Waals surface area contributed by atoms with Crippen LogP contribution in [0, 0.1) is 0 Å². The van der Waals surface area contributed by atoms with Crippen LogP contribution in [0.4, 0.5) is 5.69 Å². The zero-order valence-corrected chi connectivity index (χ0v) is 12.7. The van der Waals surface area contributed by atoms with Crippen molar-refractivity contribution in [1.82, 2.24) is 4.57 Å². The maximum Gasteiger partial charge on any atom is 0.255 e. The van der Waals surface area contributed by atoms with Crippen LogP contribution in [0.5, 0.6) is 5.75 Å². The first kappa shape index (κ1) is 14.2. The van der Waals surface area contributed by atoms with Gasteiger partial charge in [-0.15, -0.1) is 0 Å². The van der Waals surface area contributed by atoms with Crippen LogP contribution in [0.1, 0.15) is 5.56 Å². The van der Waals surface area contributed by atoms with Crippen molar-refractivity contribution in [3.8, 4) is 5.75 Å². The normalized spacial score (nSPS) is 10.8. The van der Waals surface area contributed by atoms with Crippen molar-refractivity contribution in [3.63, 3.8) is 0 Å². The van der Waals surface area contributed by atoms with E-state index in [1.807, 2.05) is 67.5 Å². The molecule has 3 rings (SSSR count). The molecule has 2 aromatic carbocycles. The maximum atomic E-state index is 12.3. The van der Waals surface area contributed by atoms with Crippen molar-refractivity contribution < 1.29 is 5.11 Å². The van der Waals surface area contributed by atoms with Crippen LogP contribution in [0.15, 0.2) is 59.4 Å². The Kier molecular flexibility index (Phi) is 3.59. The molecule has 0 saturated heterocycles. The zero-order chi connectivity index (χ0) is 15.7. The van der Waals surface area contributed by atoms with Crippen LogP contribution < -0.4 is 10.5 Å². The SMILES string of the molecule is CN(C)c1ccc2c(O)cc(=O)n(Cc3ccccc3)c2c1. The highest BCUT2D eigenvalue weighted by atomic mass is 16.3. The number of anilines is 1. The summed E-state index contributed by atoms with van der Waals surface area (Å²) in [4.78, 5) is 14.3. The van der Waals surface area contributed by atoms with E-state index in [1.54, 1.807) is 4.57 Å². The molecule has 3 aromatic rings. The lowest BCUT2D eigenvalue weighted by Gasteiger charge is -2.16. The van der Waals surface area contributed by atoms with Crippen molar-refractivity contribution in [3.05, 3.63) is 70.5 Å². The van der Waals surface area contributed by atoms with Crippen LogP contribution >= 0.6 is 0 Å². The second-order valence-corrected chi connectivity index (χ2v) is 5.54. The third-order valence-electron chi connectivity index (χ3n) is 3.77. The van der Waals surface area contributed by atoms with E-state index in [-0.39, 0.29) is 11.3 Å². The Morgan fingerprint density at radius 2 is 1.77 bits per heavy atom. The number of nitrogens with zero attached hydrogens (tertiary/aromatic N) is 2. The molecule has 0 amide bonds. The number of pyridine rings is 1. The summed E-state index contributed by atoms with van der Waals surface area (Å²) in [5.74, 6) is 0.0228. The minimum atomic E-state index is -0.204. The monoisotopic (exact) mass is 294 g/mol. The third kappa shape index (κ3) is 2.55. The van der Waals surface area contributed by atoms with Gasteiger partial charge < -0.3 is 14.6 Å². The van der Waals surface area contributed by atoms with E-state index in [1.165, 1.54) is 6.07 Å². The molecule has 1 aromatic heterocycles. The highest BCUT2D eigenvalue weighted by Gasteiger charge is 2.10. The third-order valence-corrected chi connectivity index (χ3v) is 3.77. The lowest BCUT2D eigenvalue weighted by atomic mass is 10.1. The molecular weight excluding hydrogens is 276 g/mol. The smallest absolute Gasteiger partial charge is 0.255 e. The molecule has 0 spiro atoms. The van der Waals surface area contributed by atoms with Gasteiger partial charge in [0.25, 0.3) is 5.56 Å². The van der Waals surface area contributed by atoms with Crippen molar-refractivity contribution in [1.29, 1.82) is 0 Å². The molecule has 0 aliphatic carbocycles. The van der Waals surface area contributed by atoms with Crippen LogP contribution in [-0.2, 0) is 6.54 Å². The summed E-state index contributed by atoms with van der Waals surface area (Å²) in [5, 5.41) is 10.7. The molecule has 1 heterocycles. The predicted molar refractivity (Wildman–Crippen MR) is 89.7 cm³/mol. The molecule has 22 heavy (non-hydrogen) atoms. The van der Waals surface area contributed by atoms with Gasteiger partial charge in [0.1, 0.15) is 5.75 Å². The number of hydrogen-bond acceptors (Lipinski definition) is 3. The Labute approximate surface area is 128 Å². The van der Waals surface area contributed by atoms with Gasteiger partial charge in [-0.25, -0.2) is 0 Å². The number of rotatable bonds is 3. The van der Waals surface area contributed by atoms with E-state index >= 15 is 0 Å². The summed E-state index contributed by atoms with van der Waals surface area (Å²) < 4.78 is 1.69. The molecule has 0 aliphatic rings. The molecule has 1 N–H and O–H groups in total. The number of fused-ring (bicyclic) bond motifs is 1. The Bertz CT molecular complexity index is 867. The highest BCUT2D eigenvalue weighted by molar-refractivity contribution is 5.88. The molecule has 4 nitrogen and oxygen atoms in total. The minimum Gasteiger partial charge on any atom is -0.507 e. The molecule has 4 heteroatoms. The molecule has 0 fully saturated rings. The molecular formula is C18H18N2O2. The highest BCUT2D eigenvalue weighted by Crippen LogP contribution is 2.26. The summed E-state index contributed by atoms with van der Waals surface area (Å²) in [6.45, 7) is 0.479. The zero-order valence-electron chi connectivity index (χ0n) is 12.7. The van der Waals surface area contributed by atoms with Gasteiger partial charge in [0, 0.05) is 31.2 Å². The van der Waals surface area contributed by atoms with Gasteiger partial charge in [-0.2, -0.15) is 0 Å². The Hall–Kier alpha value is -2.75. The molecule has 0 bridgehead atoms. The Balaban J connectivity index is 2.23. The lowest BCUT2D eigenvalue weighted by Crippen LogP contribution is -2.20. The lowest BCUT2D eigenvalue weighted by molar-refractivity contribution is 0.479. The summed E-state index contributed by atoms with van der Waals surface area (Å²) in [5.41, 5.74) is 2.57. The summed E-state index contributed by atoms with van der Waals surface area (Å²) >= 11 is 0. The first-order chi connectivity index (χ1) is 10.6. The van der Waals surface area contributed by atoms with E-state index in [0.717, 1.165) is 16.8 Å². The van der Waals surface area contributed by atoms with Crippen LogP contribution in [0.2, 0.25) is 0 Å². The fourth-order valence-corrected chi connectivity index (χ4v) is 2.56. The van der Waals surface area contributed by atoms with Crippen molar-refractivity contribution in [2.24, 2.45) is 0 Å². The fraction of sp³-hybridized carbons (Fsp3) is 0.167. The standard InChI is InChI=1S/C18H18N2O2/c1-19(2)14-8-9-15-16(10-14)20(18(22)11-17(15)21)12-13-6-4-3-5-7-13/h3-11,21H,12H2,1-2H3. The van der Waals surface area contributed by atoms with Crippen LogP contribution in [0.25, 0.3) is 10.9 Å². The molecule has 0 radical (unpaired) electrons. The second kappa shape index (κ2) is 5.56. The van der Waals surface area contributed by atoms with Gasteiger partial charge in [-0.3, -0.25) is 4.79 Å². The fourth-order valence-electron chi connectivity index (χ4n) is 2.56. The van der Waals surface area contributed by atoms with Gasteiger partial charge in [-0.05, 0) is 23.8 Å². The molecule has 0 aliphatic heterocycles. The van der Waals surface area contributed by atoms with Crippen molar-refractivity contribution in [2.45, 2.75) is 6.54 Å². The maximum absolute atomic E-state index is 12.3. The average Bonchev–Trinajstić information content (AvgIpc) is 2.52. The number of hydrogen-bond donors (Lipinski definition) is 1. The van der Waals surface area contributed by atoms with E-state index in [2.05, 4.69) is 0 Å². The number of aromatic hydroxyl groups is 1. The number of aromatic nitrogens is 1. The van der Waals surface area contributed by atoms with E-state index in [0.29, 0.717) is 11.9 Å². The second-order valence-electron chi connectivity index (χ2n) is 5.54. The Morgan fingerprint density at radius 3 is 2.45 bits per heavy atom. The van der Waals surface area contributed by atoms with Gasteiger partial charge >= 0.3 is 0 Å². The Morgan fingerprint density at radius 1 is 1.05 bits per heavy atom. The molecule has 112 valence electrons. The summed E-state index contributed by atoms with van der Waals surface area (Å²) in [7, 11) is 3.90. The largest absolute Gasteiger partial charge is 0.507 e. The van der Waals surface area contributed by atoms with Crippen molar-refractivity contribution >= 4 is 16.6 Å². The van der Waals surface area contributed by atoms with E-state index < -0.39 is 0 Å². The van der Waals surface area contributed by atoms with Gasteiger partial charge in [0.2, 0.25) is 0 Å². The topological polar surface area (TPSA) is 45.5 Å². The first-order valence-electron chi connectivity index (χ1n) is 7.14. The van der Waals surface area contributed by atoms with E-state index in [4.69, 9.17) is 0 Å². The molecule has 0 atom stereocenters. The van der Waals surface area contributed by atoms with Crippen LogP contribution in [-0.4, -0.2) is 23.8 Å². The summed E-state index contributed by atoms with van der Waals surface area (Å²) in [6.07, 6.45) is 0. The summed E-state index contributed by atoms with van der Waals surface area (Å²) in [6, 6.07) is 16.8. The van der Waals surface area contributed by atoms with Gasteiger partial charge in [0.15, 0.2) is 0 Å².